The molecule has 0 unspecified atom stereocenters. The van der Waals surface area contributed by atoms with Gasteiger partial charge >= 0.3 is 0 Å². The number of H-pyrrole nitrogens is 1. The van der Waals surface area contributed by atoms with Gasteiger partial charge in [-0.25, -0.2) is 4.98 Å². The number of hydrogen-bond donors (Lipinski definition) is 3. The summed E-state index contributed by atoms with van der Waals surface area (Å²) in [5.41, 5.74) is 0.874. The molecular formula is C18H21N5O3. The average Bonchev–Trinajstić information content (AvgIpc) is 3.28. The lowest BCUT2D eigenvalue weighted by atomic mass is 10.2. The van der Waals surface area contributed by atoms with Gasteiger partial charge in [-0.15, -0.1) is 0 Å². The number of carbonyl (C=O) groups excluding carboxylic acids is 2. The number of amides is 2. The van der Waals surface area contributed by atoms with Gasteiger partial charge in [0.15, 0.2) is 5.82 Å². The Labute approximate surface area is 150 Å². The summed E-state index contributed by atoms with van der Waals surface area (Å²) in [5, 5.41) is 19.7. The van der Waals surface area contributed by atoms with E-state index in [0.29, 0.717) is 18.1 Å². The molecule has 1 aliphatic heterocycles. The summed E-state index contributed by atoms with van der Waals surface area (Å²) in [4.78, 5) is 29.7. The maximum Gasteiger partial charge on any atom is 0.243 e. The van der Waals surface area contributed by atoms with E-state index in [9.17, 15) is 14.7 Å². The van der Waals surface area contributed by atoms with Crippen LogP contribution < -0.4 is 5.32 Å². The average molecular weight is 355 g/mol. The van der Waals surface area contributed by atoms with Crippen molar-refractivity contribution in [2.75, 3.05) is 13.1 Å². The highest BCUT2D eigenvalue weighted by Crippen LogP contribution is 2.31. The zero-order valence-electron chi connectivity index (χ0n) is 14.3. The molecule has 2 amide bonds. The zero-order chi connectivity index (χ0) is 18.5. The number of aromatic nitrogens is 3. The third-order valence-electron chi connectivity index (χ3n) is 4.27. The van der Waals surface area contributed by atoms with E-state index in [4.69, 9.17) is 0 Å². The highest BCUT2D eigenvalue weighted by molar-refractivity contribution is 5.87. The molecular weight excluding hydrogens is 334 g/mol. The second kappa shape index (κ2) is 7.92. The molecule has 26 heavy (non-hydrogen) atoms. The van der Waals surface area contributed by atoms with Crippen LogP contribution in [-0.4, -0.2) is 56.2 Å². The largest absolute Gasteiger partial charge is 0.391 e. The summed E-state index contributed by atoms with van der Waals surface area (Å²) >= 11 is 0. The number of aromatic amines is 1. The molecule has 1 aliphatic rings. The van der Waals surface area contributed by atoms with Crippen LogP contribution in [0.1, 0.15) is 24.7 Å². The number of carbonyl (C=O) groups is 2. The number of hydrogen-bond acceptors (Lipinski definition) is 5. The third-order valence-corrected chi connectivity index (χ3v) is 4.27. The van der Waals surface area contributed by atoms with Gasteiger partial charge in [0.2, 0.25) is 11.8 Å². The van der Waals surface area contributed by atoms with E-state index >= 15 is 0 Å². The molecule has 0 saturated carbocycles. The number of β-amino-alcohol motifs (C(OH)–C–C–N with tert-alkyl or cyclic N) is 1. The molecule has 3 rings (SSSR count). The summed E-state index contributed by atoms with van der Waals surface area (Å²) in [6, 6.07) is 9.16. The van der Waals surface area contributed by atoms with Gasteiger partial charge in [0.1, 0.15) is 5.82 Å². The Bertz CT molecular complexity index is 789. The Morgan fingerprint density at radius 1 is 1.38 bits per heavy atom. The van der Waals surface area contributed by atoms with Gasteiger partial charge in [-0.05, 0) is 6.08 Å². The SMILES string of the molecule is C=CC(=O)NCCC(=O)N1C[C@H](O)C[C@H]1c1nc(-c2ccccc2)n[nH]1. The Kier molecular flexibility index (Phi) is 5.43. The van der Waals surface area contributed by atoms with Gasteiger partial charge < -0.3 is 15.3 Å². The summed E-state index contributed by atoms with van der Waals surface area (Å²) in [6.07, 6.45) is 1.08. The fourth-order valence-corrected chi connectivity index (χ4v) is 3.00. The van der Waals surface area contributed by atoms with E-state index in [-0.39, 0.29) is 37.4 Å². The Hall–Kier alpha value is -3.00. The maximum atomic E-state index is 12.5. The van der Waals surface area contributed by atoms with E-state index in [1.165, 1.54) is 0 Å². The van der Waals surface area contributed by atoms with Crippen molar-refractivity contribution in [3.63, 3.8) is 0 Å². The van der Waals surface area contributed by atoms with E-state index in [2.05, 4.69) is 27.1 Å². The number of rotatable bonds is 6. The molecule has 136 valence electrons. The number of nitrogens with one attached hydrogen (secondary N) is 2. The molecule has 2 atom stereocenters. The lowest BCUT2D eigenvalue weighted by Gasteiger charge is -2.22. The molecule has 0 bridgehead atoms. The van der Waals surface area contributed by atoms with Gasteiger partial charge in [-0.2, -0.15) is 5.10 Å². The van der Waals surface area contributed by atoms with Gasteiger partial charge in [0.05, 0.1) is 12.1 Å². The molecule has 0 spiro atoms. The molecule has 8 heteroatoms. The minimum absolute atomic E-state index is 0.141. The summed E-state index contributed by atoms with van der Waals surface area (Å²) in [5.74, 6) is 0.614. The number of nitrogens with zero attached hydrogens (tertiary/aromatic N) is 3. The fourth-order valence-electron chi connectivity index (χ4n) is 3.00. The quantitative estimate of drug-likeness (QED) is 0.664. The second-order valence-corrected chi connectivity index (χ2v) is 6.11. The molecule has 1 aromatic carbocycles. The van der Waals surface area contributed by atoms with Crippen molar-refractivity contribution in [2.24, 2.45) is 0 Å². The van der Waals surface area contributed by atoms with Gasteiger partial charge in [-0.1, -0.05) is 36.9 Å². The van der Waals surface area contributed by atoms with E-state index in [0.717, 1.165) is 11.6 Å². The second-order valence-electron chi connectivity index (χ2n) is 6.11. The molecule has 0 radical (unpaired) electrons. The van der Waals surface area contributed by atoms with Crippen molar-refractivity contribution >= 4 is 11.8 Å². The first-order chi connectivity index (χ1) is 12.6. The summed E-state index contributed by atoms with van der Waals surface area (Å²) in [7, 11) is 0. The van der Waals surface area contributed by atoms with Crippen LogP contribution in [0.4, 0.5) is 0 Å². The predicted octanol–water partition coefficient (Wildman–Crippen LogP) is 0.798. The molecule has 8 nitrogen and oxygen atoms in total. The van der Waals surface area contributed by atoms with E-state index in [1.54, 1.807) is 4.90 Å². The topological polar surface area (TPSA) is 111 Å². The van der Waals surface area contributed by atoms with E-state index < -0.39 is 6.10 Å². The zero-order valence-corrected chi connectivity index (χ0v) is 14.3. The Morgan fingerprint density at radius 2 is 2.15 bits per heavy atom. The highest BCUT2D eigenvalue weighted by Gasteiger charge is 2.37. The number of aliphatic hydroxyl groups is 1. The maximum absolute atomic E-state index is 12.5. The molecule has 2 heterocycles. The van der Waals surface area contributed by atoms with Crippen LogP contribution in [0.2, 0.25) is 0 Å². The number of likely N-dealkylation sites (tertiary alicyclic amines) is 1. The Balaban J connectivity index is 1.70. The van der Waals surface area contributed by atoms with Gasteiger partial charge in [0.25, 0.3) is 0 Å². The van der Waals surface area contributed by atoms with Crippen LogP contribution in [0.5, 0.6) is 0 Å². The van der Waals surface area contributed by atoms with Crippen molar-refractivity contribution in [1.29, 1.82) is 0 Å². The van der Waals surface area contributed by atoms with Crippen molar-refractivity contribution in [2.45, 2.75) is 25.0 Å². The molecule has 1 aromatic heterocycles. The van der Waals surface area contributed by atoms with Crippen LogP contribution in [0.15, 0.2) is 43.0 Å². The summed E-state index contributed by atoms with van der Waals surface area (Å²) < 4.78 is 0. The molecule has 1 saturated heterocycles. The van der Waals surface area contributed by atoms with Crippen LogP contribution in [0.3, 0.4) is 0 Å². The van der Waals surface area contributed by atoms with Crippen molar-refractivity contribution in [1.82, 2.24) is 25.4 Å². The van der Waals surface area contributed by atoms with Crippen molar-refractivity contribution in [3.05, 3.63) is 48.8 Å². The normalized spacial score (nSPS) is 19.3. The van der Waals surface area contributed by atoms with Crippen LogP contribution in [-0.2, 0) is 9.59 Å². The van der Waals surface area contributed by atoms with Crippen LogP contribution in [0.25, 0.3) is 11.4 Å². The predicted molar refractivity (Wildman–Crippen MR) is 94.7 cm³/mol. The van der Waals surface area contributed by atoms with Crippen LogP contribution >= 0.6 is 0 Å². The minimum Gasteiger partial charge on any atom is -0.391 e. The highest BCUT2D eigenvalue weighted by atomic mass is 16.3. The van der Waals surface area contributed by atoms with Gasteiger partial charge in [-0.3, -0.25) is 14.7 Å². The molecule has 2 aromatic rings. The first kappa shape index (κ1) is 17.8. The standard InChI is InChI=1S/C18H21N5O3/c1-2-15(25)19-9-8-16(26)23-11-13(24)10-14(23)18-20-17(21-22-18)12-6-4-3-5-7-12/h2-7,13-14,24H,1,8-11H2,(H,19,25)(H,20,21,22)/t13-,14+/m1/s1. The van der Waals surface area contributed by atoms with E-state index in [1.807, 2.05) is 30.3 Å². The fraction of sp³-hybridized carbons (Fsp3) is 0.333. The number of aliphatic hydroxyl groups excluding tert-OH is 1. The smallest absolute Gasteiger partial charge is 0.243 e. The lowest BCUT2D eigenvalue weighted by Crippen LogP contribution is -2.35. The lowest BCUT2D eigenvalue weighted by molar-refractivity contribution is -0.132. The number of benzene rings is 1. The summed E-state index contributed by atoms with van der Waals surface area (Å²) in [6.45, 7) is 3.82. The minimum atomic E-state index is -0.614. The third kappa shape index (κ3) is 3.97. The van der Waals surface area contributed by atoms with Crippen molar-refractivity contribution < 1.29 is 14.7 Å². The molecule has 1 fully saturated rings. The van der Waals surface area contributed by atoms with Gasteiger partial charge in [0, 0.05) is 31.5 Å². The first-order valence-corrected chi connectivity index (χ1v) is 8.44. The molecule has 3 N–H and O–H groups in total. The van der Waals surface area contributed by atoms with Crippen molar-refractivity contribution in [3.8, 4) is 11.4 Å². The molecule has 0 aliphatic carbocycles. The Morgan fingerprint density at radius 3 is 2.88 bits per heavy atom. The monoisotopic (exact) mass is 355 g/mol. The first-order valence-electron chi connectivity index (χ1n) is 8.44. The van der Waals surface area contributed by atoms with Crippen LogP contribution in [0, 0.1) is 0 Å².